The minimum Gasteiger partial charge on any atom is -0.491 e. The number of halogens is 1. The number of carbonyl (C=O) groups excluding carboxylic acids is 2. The summed E-state index contributed by atoms with van der Waals surface area (Å²) in [5.74, 6) is -1.90. The van der Waals surface area contributed by atoms with Crippen LogP contribution in [0.1, 0.15) is 25.7 Å². The molecule has 7 nitrogen and oxygen atoms in total. The third-order valence-corrected chi connectivity index (χ3v) is 4.62. The molecule has 2 amide bonds. The van der Waals surface area contributed by atoms with Crippen molar-refractivity contribution in [1.29, 1.82) is 0 Å². The van der Waals surface area contributed by atoms with E-state index in [4.69, 9.17) is 9.84 Å². The van der Waals surface area contributed by atoms with Crippen LogP contribution in [0.3, 0.4) is 0 Å². The lowest BCUT2D eigenvalue weighted by Gasteiger charge is -2.31. The van der Waals surface area contributed by atoms with Gasteiger partial charge in [0, 0.05) is 26.6 Å². The number of carbonyl (C=O) groups is 3. The molecule has 1 aliphatic heterocycles. The highest BCUT2D eigenvalue weighted by Gasteiger charge is 2.27. The van der Waals surface area contributed by atoms with Gasteiger partial charge in [-0.3, -0.25) is 14.4 Å². The molecule has 0 radical (unpaired) electrons. The number of benzene rings is 1. The van der Waals surface area contributed by atoms with Crippen LogP contribution < -0.4 is 4.74 Å². The normalized spacial score (nSPS) is 14.7. The van der Waals surface area contributed by atoms with Crippen LogP contribution >= 0.6 is 0 Å². The fraction of sp³-hybridized carbons (Fsp3) is 0.526. The van der Waals surface area contributed by atoms with Crippen LogP contribution in [0.2, 0.25) is 0 Å². The van der Waals surface area contributed by atoms with Crippen molar-refractivity contribution in [2.24, 2.45) is 5.92 Å². The molecule has 0 unspecified atom stereocenters. The van der Waals surface area contributed by atoms with Gasteiger partial charge in [0.1, 0.15) is 0 Å². The Morgan fingerprint density at radius 2 is 1.93 bits per heavy atom. The fourth-order valence-corrected chi connectivity index (χ4v) is 2.93. The molecular formula is C19H25FN2O5. The number of hydrogen-bond acceptors (Lipinski definition) is 4. The van der Waals surface area contributed by atoms with E-state index in [1.807, 2.05) is 0 Å². The van der Waals surface area contributed by atoms with Crippen molar-refractivity contribution in [3.63, 3.8) is 0 Å². The number of piperidine rings is 1. The Labute approximate surface area is 157 Å². The van der Waals surface area contributed by atoms with Crippen LogP contribution in [0.15, 0.2) is 24.3 Å². The molecule has 1 heterocycles. The minimum absolute atomic E-state index is 0.0370. The number of likely N-dealkylation sites (N-methyl/N-ethyl adjacent to an activating group) is 1. The number of hydrogen-bond donors (Lipinski definition) is 1. The molecule has 1 aromatic carbocycles. The number of amides is 2. The van der Waals surface area contributed by atoms with E-state index >= 15 is 0 Å². The number of likely N-dealkylation sites (tertiary alicyclic amines) is 1. The average molecular weight is 380 g/mol. The number of carboxylic acid groups (broad SMARTS) is 1. The van der Waals surface area contributed by atoms with E-state index in [-0.39, 0.29) is 37.1 Å². The van der Waals surface area contributed by atoms with Gasteiger partial charge in [0.2, 0.25) is 11.8 Å². The predicted octanol–water partition coefficient (Wildman–Crippen LogP) is 1.77. The van der Waals surface area contributed by atoms with Crippen molar-refractivity contribution in [2.45, 2.75) is 25.7 Å². The summed E-state index contributed by atoms with van der Waals surface area (Å²) in [6, 6.07) is 6.07. The first-order valence-electron chi connectivity index (χ1n) is 9.00. The first-order chi connectivity index (χ1) is 12.9. The second-order valence-corrected chi connectivity index (χ2v) is 6.63. The van der Waals surface area contributed by atoms with E-state index in [1.165, 1.54) is 17.0 Å². The molecule has 0 spiro atoms. The molecule has 1 aromatic rings. The Morgan fingerprint density at radius 3 is 2.56 bits per heavy atom. The van der Waals surface area contributed by atoms with Gasteiger partial charge in [-0.15, -0.1) is 0 Å². The summed E-state index contributed by atoms with van der Waals surface area (Å²) in [5, 5.41) is 8.98. The van der Waals surface area contributed by atoms with Crippen LogP contribution in [0.4, 0.5) is 4.39 Å². The van der Waals surface area contributed by atoms with Gasteiger partial charge in [0.15, 0.2) is 11.6 Å². The third kappa shape index (κ3) is 6.23. The van der Waals surface area contributed by atoms with E-state index < -0.39 is 17.7 Å². The maximum Gasteiger partial charge on any atom is 0.306 e. The van der Waals surface area contributed by atoms with E-state index in [0.29, 0.717) is 32.4 Å². The molecule has 0 atom stereocenters. The van der Waals surface area contributed by atoms with Crippen LogP contribution in [0, 0.1) is 11.7 Å². The number of rotatable bonds is 8. The highest BCUT2D eigenvalue weighted by Crippen LogP contribution is 2.18. The van der Waals surface area contributed by atoms with Crippen LogP contribution in [-0.4, -0.2) is 66.0 Å². The highest BCUT2D eigenvalue weighted by molar-refractivity contribution is 5.84. The molecule has 8 heteroatoms. The minimum atomic E-state index is -0.827. The molecule has 1 fully saturated rings. The number of nitrogens with zero attached hydrogens (tertiary/aromatic N) is 2. The fourth-order valence-electron chi connectivity index (χ4n) is 2.93. The molecule has 2 rings (SSSR count). The van der Waals surface area contributed by atoms with Crippen molar-refractivity contribution >= 4 is 17.8 Å². The SMILES string of the molecule is CN(CC(=O)N1CCC(C(=O)O)CC1)C(=O)CCCOc1ccccc1F. The summed E-state index contributed by atoms with van der Waals surface area (Å²) < 4.78 is 18.7. The summed E-state index contributed by atoms with van der Waals surface area (Å²) in [7, 11) is 1.56. The second kappa shape index (κ2) is 9.89. The lowest BCUT2D eigenvalue weighted by atomic mass is 9.97. The number of aliphatic carboxylic acids is 1. The molecular weight excluding hydrogens is 355 g/mol. The highest BCUT2D eigenvalue weighted by atomic mass is 19.1. The van der Waals surface area contributed by atoms with Crippen LogP contribution in [-0.2, 0) is 14.4 Å². The summed E-state index contributed by atoms with van der Waals surface area (Å²) in [5.41, 5.74) is 0. The van der Waals surface area contributed by atoms with Crippen molar-refractivity contribution in [2.75, 3.05) is 33.3 Å². The van der Waals surface area contributed by atoms with E-state index in [1.54, 1.807) is 24.1 Å². The largest absolute Gasteiger partial charge is 0.491 e. The summed E-state index contributed by atoms with van der Waals surface area (Å²) in [6.07, 6.45) is 1.48. The van der Waals surface area contributed by atoms with Gasteiger partial charge in [0.05, 0.1) is 19.1 Å². The van der Waals surface area contributed by atoms with Gasteiger partial charge in [-0.25, -0.2) is 4.39 Å². The topological polar surface area (TPSA) is 87.2 Å². The molecule has 0 aliphatic carbocycles. The van der Waals surface area contributed by atoms with Crippen molar-refractivity contribution in [3.8, 4) is 5.75 Å². The summed E-state index contributed by atoms with van der Waals surface area (Å²) >= 11 is 0. The van der Waals surface area contributed by atoms with E-state index in [0.717, 1.165) is 0 Å². The lowest BCUT2D eigenvalue weighted by molar-refractivity contribution is -0.146. The zero-order valence-corrected chi connectivity index (χ0v) is 15.4. The monoisotopic (exact) mass is 380 g/mol. The Bertz CT molecular complexity index is 674. The van der Waals surface area contributed by atoms with Crippen molar-refractivity contribution in [1.82, 2.24) is 9.80 Å². The number of carboxylic acids is 1. The molecule has 0 saturated carbocycles. The van der Waals surface area contributed by atoms with Crippen molar-refractivity contribution < 1.29 is 28.6 Å². The first kappa shape index (κ1) is 20.7. The van der Waals surface area contributed by atoms with Gasteiger partial charge in [-0.1, -0.05) is 12.1 Å². The van der Waals surface area contributed by atoms with Gasteiger partial charge in [0.25, 0.3) is 0 Å². The summed E-state index contributed by atoms with van der Waals surface area (Å²) in [6.45, 7) is 0.963. The number of para-hydroxylation sites is 1. The molecule has 148 valence electrons. The molecule has 1 aliphatic rings. The first-order valence-corrected chi connectivity index (χ1v) is 9.00. The van der Waals surface area contributed by atoms with Gasteiger partial charge < -0.3 is 19.6 Å². The molecule has 0 bridgehead atoms. The average Bonchev–Trinajstić information content (AvgIpc) is 2.66. The second-order valence-electron chi connectivity index (χ2n) is 6.63. The molecule has 1 saturated heterocycles. The molecule has 1 N–H and O–H groups in total. The van der Waals surface area contributed by atoms with Crippen molar-refractivity contribution in [3.05, 3.63) is 30.1 Å². The smallest absolute Gasteiger partial charge is 0.306 e. The van der Waals surface area contributed by atoms with Gasteiger partial charge in [-0.2, -0.15) is 0 Å². The van der Waals surface area contributed by atoms with Crippen LogP contribution in [0.5, 0.6) is 5.75 Å². The third-order valence-electron chi connectivity index (χ3n) is 4.62. The maximum absolute atomic E-state index is 13.4. The zero-order chi connectivity index (χ0) is 19.8. The Hall–Kier alpha value is -2.64. The summed E-state index contributed by atoms with van der Waals surface area (Å²) in [4.78, 5) is 38.3. The Balaban J connectivity index is 1.67. The molecule has 0 aromatic heterocycles. The predicted molar refractivity (Wildman–Crippen MR) is 95.7 cm³/mol. The Morgan fingerprint density at radius 1 is 1.26 bits per heavy atom. The maximum atomic E-state index is 13.4. The van der Waals surface area contributed by atoms with Gasteiger partial charge in [-0.05, 0) is 31.4 Å². The molecule has 27 heavy (non-hydrogen) atoms. The van der Waals surface area contributed by atoms with E-state index in [9.17, 15) is 18.8 Å². The standard InChI is InChI=1S/C19H25FN2O5/c1-21(13-18(24)22-10-8-14(9-11-22)19(25)26)17(23)7-4-12-27-16-6-3-2-5-15(16)20/h2-3,5-6,14H,4,7-13H2,1H3,(H,25,26). The Kier molecular flexibility index (Phi) is 7.57. The van der Waals surface area contributed by atoms with Gasteiger partial charge >= 0.3 is 5.97 Å². The zero-order valence-electron chi connectivity index (χ0n) is 15.4. The quantitative estimate of drug-likeness (QED) is 0.695. The lowest BCUT2D eigenvalue weighted by Crippen LogP contribution is -2.45. The van der Waals surface area contributed by atoms with Crippen LogP contribution in [0.25, 0.3) is 0 Å². The van der Waals surface area contributed by atoms with E-state index in [2.05, 4.69) is 0 Å². The number of ether oxygens (including phenoxy) is 1.